The minimum absolute atomic E-state index is 0.105. The van der Waals surface area contributed by atoms with Gasteiger partial charge in [-0.15, -0.1) is 0 Å². The van der Waals surface area contributed by atoms with Crippen molar-refractivity contribution < 1.29 is 13.2 Å². The summed E-state index contributed by atoms with van der Waals surface area (Å²) in [6, 6.07) is 16.5. The molecule has 2 aromatic rings. The molecule has 0 radical (unpaired) electrons. The first-order valence-corrected chi connectivity index (χ1v) is 9.88. The molecule has 1 heterocycles. The first kappa shape index (κ1) is 17.6. The van der Waals surface area contributed by atoms with Gasteiger partial charge in [-0.05, 0) is 50.1 Å². The van der Waals surface area contributed by atoms with Gasteiger partial charge in [0.05, 0.1) is 4.90 Å². The van der Waals surface area contributed by atoms with E-state index in [1.807, 2.05) is 23.1 Å². The molecule has 0 unspecified atom stereocenters. The summed E-state index contributed by atoms with van der Waals surface area (Å²) < 4.78 is 26.2. The summed E-state index contributed by atoms with van der Waals surface area (Å²) in [6.45, 7) is 0.708. The smallest absolute Gasteiger partial charge is 0.254 e. The van der Waals surface area contributed by atoms with E-state index < -0.39 is 10.0 Å². The Morgan fingerprint density at radius 1 is 1.16 bits per heavy atom. The van der Waals surface area contributed by atoms with E-state index in [-0.39, 0.29) is 16.8 Å². The molecule has 1 amide bonds. The van der Waals surface area contributed by atoms with Crippen molar-refractivity contribution >= 4 is 15.9 Å². The van der Waals surface area contributed by atoms with Crippen LogP contribution in [0.25, 0.3) is 0 Å². The predicted molar refractivity (Wildman–Crippen MR) is 96.9 cm³/mol. The molecule has 0 aromatic heterocycles. The largest absolute Gasteiger partial charge is 0.335 e. The van der Waals surface area contributed by atoms with Gasteiger partial charge in [0.15, 0.2) is 0 Å². The third-order valence-corrected chi connectivity index (χ3v) is 6.02. The molecule has 1 atom stereocenters. The first-order chi connectivity index (χ1) is 12.0. The molecule has 1 fully saturated rings. The van der Waals surface area contributed by atoms with Gasteiger partial charge < -0.3 is 4.90 Å². The van der Waals surface area contributed by atoms with Gasteiger partial charge >= 0.3 is 0 Å². The highest BCUT2D eigenvalue weighted by atomic mass is 32.2. The quantitative estimate of drug-likeness (QED) is 0.893. The first-order valence-electron chi connectivity index (χ1n) is 8.40. The fourth-order valence-electron chi connectivity index (χ4n) is 3.28. The molecule has 0 spiro atoms. The Bertz CT molecular complexity index is 850. The van der Waals surface area contributed by atoms with E-state index in [4.69, 9.17) is 0 Å². The van der Waals surface area contributed by atoms with Gasteiger partial charge in [-0.3, -0.25) is 4.79 Å². The number of hydrogen-bond acceptors (Lipinski definition) is 3. The van der Waals surface area contributed by atoms with Gasteiger partial charge in [-0.1, -0.05) is 36.4 Å². The lowest BCUT2D eigenvalue weighted by atomic mass is 10.0. The summed E-state index contributed by atoms with van der Waals surface area (Å²) in [5.41, 5.74) is 1.62. The molecule has 0 saturated carbocycles. The number of likely N-dealkylation sites (tertiary alicyclic amines) is 1. The SMILES string of the molecule is CNS(=O)(=O)c1cccc(C(=O)N2CCC[C@H]2Cc2ccccc2)c1. The molecule has 25 heavy (non-hydrogen) atoms. The summed E-state index contributed by atoms with van der Waals surface area (Å²) in [5.74, 6) is -0.105. The lowest BCUT2D eigenvalue weighted by Crippen LogP contribution is -2.37. The van der Waals surface area contributed by atoms with E-state index in [0.29, 0.717) is 12.1 Å². The molecule has 0 aliphatic carbocycles. The van der Waals surface area contributed by atoms with Crippen molar-refractivity contribution in [3.63, 3.8) is 0 Å². The number of carbonyl (C=O) groups excluding carboxylic acids is 1. The maximum atomic E-state index is 12.9. The minimum atomic E-state index is -3.56. The van der Waals surface area contributed by atoms with Gasteiger partial charge in [-0.25, -0.2) is 13.1 Å². The summed E-state index contributed by atoms with van der Waals surface area (Å²) in [5, 5.41) is 0. The molecule has 3 rings (SSSR count). The second-order valence-corrected chi connectivity index (χ2v) is 8.11. The Hall–Kier alpha value is -2.18. The molecule has 132 valence electrons. The third-order valence-electron chi connectivity index (χ3n) is 4.61. The van der Waals surface area contributed by atoms with Gasteiger partial charge in [0, 0.05) is 18.2 Å². The molecule has 1 N–H and O–H groups in total. The third kappa shape index (κ3) is 3.91. The van der Waals surface area contributed by atoms with Crippen LogP contribution in [0.15, 0.2) is 59.5 Å². The topological polar surface area (TPSA) is 66.5 Å². The predicted octanol–water partition coefficient (Wildman–Crippen LogP) is 2.44. The van der Waals surface area contributed by atoms with Gasteiger partial charge in [0.1, 0.15) is 0 Å². The lowest BCUT2D eigenvalue weighted by Gasteiger charge is -2.25. The molecule has 0 bridgehead atoms. The van der Waals surface area contributed by atoms with E-state index in [1.54, 1.807) is 12.1 Å². The average molecular weight is 358 g/mol. The number of benzene rings is 2. The number of amides is 1. The summed E-state index contributed by atoms with van der Waals surface area (Å²) in [7, 11) is -2.20. The van der Waals surface area contributed by atoms with Crippen LogP contribution in [0.2, 0.25) is 0 Å². The Kier molecular flexibility index (Phi) is 5.20. The number of sulfonamides is 1. The minimum Gasteiger partial charge on any atom is -0.335 e. The Balaban J connectivity index is 1.81. The highest BCUT2D eigenvalue weighted by molar-refractivity contribution is 7.89. The second-order valence-electron chi connectivity index (χ2n) is 6.22. The van der Waals surface area contributed by atoms with E-state index in [0.717, 1.165) is 19.3 Å². The van der Waals surface area contributed by atoms with Crippen LogP contribution in [0.3, 0.4) is 0 Å². The maximum Gasteiger partial charge on any atom is 0.254 e. The van der Waals surface area contributed by atoms with Crippen LogP contribution in [-0.2, 0) is 16.4 Å². The molecule has 6 heteroatoms. The van der Waals surface area contributed by atoms with Gasteiger partial charge in [0.2, 0.25) is 10.0 Å². The zero-order chi connectivity index (χ0) is 17.9. The molecule has 1 aliphatic heterocycles. The Morgan fingerprint density at radius 2 is 1.92 bits per heavy atom. The van der Waals surface area contributed by atoms with E-state index in [9.17, 15) is 13.2 Å². The van der Waals surface area contributed by atoms with Crippen molar-refractivity contribution in [2.75, 3.05) is 13.6 Å². The molecule has 1 saturated heterocycles. The maximum absolute atomic E-state index is 12.9. The van der Waals surface area contributed by atoms with Crippen LogP contribution < -0.4 is 4.72 Å². The number of rotatable bonds is 5. The summed E-state index contributed by atoms with van der Waals surface area (Å²) in [6.07, 6.45) is 2.76. The van der Waals surface area contributed by atoms with Crippen LogP contribution in [0.5, 0.6) is 0 Å². The van der Waals surface area contributed by atoms with Crippen molar-refractivity contribution in [1.82, 2.24) is 9.62 Å². The van der Waals surface area contributed by atoms with Crippen molar-refractivity contribution in [2.24, 2.45) is 0 Å². The Labute approximate surface area is 148 Å². The van der Waals surface area contributed by atoms with Crippen LogP contribution in [0, 0.1) is 0 Å². The van der Waals surface area contributed by atoms with Crippen LogP contribution in [0.1, 0.15) is 28.8 Å². The highest BCUT2D eigenvalue weighted by Crippen LogP contribution is 2.24. The lowest BCUT2D eigenvalue weighted by molar-refractivity contribution is 0.0736. The molecule has 5 nitrogen and oxygen atoms in total. The van der Waals surface area contributed by atoms with Gasteiger partial charge in [-0.2, -0.15) is 0 Å². The number of carbonyl (C=O) groups is 1. The van der Waals surface area contributed by atoms with Crippen molar-refractivity contribution in [3.8, 4) is 0 Å². The zero-order valence-electron chi connectivity index (χ0n) is 14.2. The molecular formula is C19H22N2O3S. The molecule has 1 aliphatic rings. The van der Waals surface area contributed by atoms with E-state index in [2.05, 4.69) is 16.9 Å². The zero-order valence-corrected chi connectivity index (χ0v) is 15.0. The van der Waals surface area contributed by atoms with Crippen molar-refractivity contribution in [2.45, 2.75) is 30.2 Å². The summed E-state index contributed by atoms with van der Waals surface area (Å²) >= 11 is 0. The average Bonchev–Trinajstić information content (AvgIpc) is 3.10. The number of nitrogens with one attached hydrogen (secondary N) is 1. The van der Waals surface area contributed by atoms with E-state index in [1.165, 1.54) is 24.7 Å². The fraction of sp³-hybridized carbons (Fsp3) is 0.316. The summed E-state index contributed by atoms with van der Waals surface area (Å²) in [4.78, 5) is 14.9. The second kappa shape index (κ2) is 7.37. The van der Waals surface area contributed by atoms with Crippen LogP contribution >= 0.6 is 0 Å². The molecule has 2 aromatic carbocycles. The number of nitrogens with zero attached hydrogens (tertiary/aromatic N) is 1. The monoisotopic (exact) mass is 358 g/mol. The highest BCUT2D eigenvalue weighted by Gasteiger charge is 2.29. The fourth-order valence-corrected chi connectivity index (χ4v) is 4.06. The van der Waals surface area contributed by atoms with Gasteiger partial charge in [0.25, 0.3) is 5.91 Å². The number of hydrogen-bond donors (Lipinski definition) is 1. The van der Waals surface area contributed by atoms with Crippen molar-refractivity contribution in [1.29, 1.82) is 0 Å². The van der Waals surface area contributed by atoms with Crippen molar-refractivity contribution in [3.05, 3.63) is 65.7 Å². The Morgan fingerprint density at radius 3 is 2.64 bits per heavy atom. The van der Waals surface area contributed by atoms with E-state index >= 15 is 0 Å². The van der Waals surface area contributed by atoms with Crippen LogP contribution in [-0.4, -0.2) is 38.9 Å². The normalized spacial score (nSPS) is 17.6. The standard InChI is InChI=1S/C19H22N2O3S/c1-20-25(23,24)18-11-5-9-16(14-18)19(22)21-12-6-10-17(21)13-15-7-3-2-4-8-15/h2-5,7-9,11,14,17,20H,6,10,12-13H2,1H3/t17-/m0/s1. The molecular weight excluding hydrogens is 336 g/mol. The van der Waals surface area contributed by atoms with Crippen LogP contribution in [0.4, 0.5) is 0 Å².